The highest BCUT2D eigenvalue weighted by Crippen LogP contribution is 2.29. The van der Waals surface area contributed by atoms with E-state index in [4.69, 9.17) is 4.74 Å². The Hall–Kier alpha value is -3.75. The van der Waals surface area contributed by atoms with Crippen molar-refractivity contribution in [1.82, 2.24) is 9.97 Å². The summed E-state index contributed by atoms with van der Waals surface area (Å²) in [7, 11) is 1.41. The molecule has 3 rings (SSSR count). The highest BCUT2D eigenvalue weighted by Gasteiger charge is 2.14. The number of fused-ring (bicyclic) bond motifs is 1. The molecule has 9 heteroatoms. The fourth-order valence-corrected chi connectivity index (χ4v) is 2.40. The molecular weight excluding hydrogens is 338 g/mol. The number of non-ortho nitro benzene ring substituents is 1. The molecule has 0 spiro atoms. The van der Waals surface area contributed by atoms with Gasteiger partial charge in [0.05, 0.1) is 29.1 Å². The van der Waals surface area contributed by atoms with Gasteiger partial charge >= 0.3 is 6.03 Å². The number of amides is 2. The topological polar surface area (TPSA) is 119 Å². The number of carbonyl (C=O) groups excluding carboxylic acids is 1. The number of anilines is 2. The molecule has 132 valence electrons. The van der Waals surface area contributed by atoms with Gasteiger partial charge in [-0.05, 0) is 31.2 Å². The number of ether oxygens (including phenoxy) is 1. The number of aromatic nitrogens is 2. The lowest BCUT2D eigenvalue weighted by Crippen LogP contribution is -2.20. The quantitative estimate of drug-likeness (QED) is 0.547. The molecular formula is C17H15N5O4. The summed E-state index contributed by atoms with van der Waals surface area (Å²) in [5, 5.41) is 16.9. The fourth-order valence-electron chi connectivity index (χ4n) is 2.40. The summed E-state index contributed by atoms with van der Waals surface area (Å²) >= 11 is 0. The summed E-state index contributed by atoms with van der Waals surface area (Å²) < 4.78 is 5.13. The summed E-state index contributed by atoms with van der Waals surface area (Å²) in [5.74, 6) is 0.309. The Balaban J connectivity index is 1.84. The first-order chi connectivity index (χ1) is 12.5. The van der Waals surface area contributed by atoms with Crippen LogP contribution in [0.2, 0.25) is 0 Å². The van der Waals surface area contributed by atoms with E-state index < -0.39 is 11.0 Å². The van der Waals surface area contributed by atoms with Crippen molar-refractivity contribution in [1.29, 1.82) is 0 Å². The number of nitro benzene ring substituents is 1. The van der Waals surface area contributed by atoms with Gasteiger partial charge in [0, 0.05) is 23.7 Å². The maximum absolute atomic E-state index is 12.3. The molecule has 0 aliphatic heterocycles. The number of methoxy groups -OCH3 is 1. The van der Waals surface area contributed by atoms with Gasteiger partial charge in [-0.1, -0.05) is 0 Å². The van der Waals surface area contributed by atoms with Crippen LogP contribution in [0.25, 0.3) is 11.0 Å². The molecule has 2 heterocycles. The predicted molar refractivity (Wildman–Crippen MR) is 96.6 cm³/mol. The van der Waals surface area contributed by atoms with Crippen molar-refractivity contribution in [3.05, 3.63) is 58.4 Å². The van der Waals surface area contributed by atoms with E-state index in [-0.39, 0.29) is 11.4 Å². The standard InChI is InChI=1S/C17H15N5O4/c1-10-13(8-11-4-3-7-18-16(11)19-10)20-17(23)21-14-9-12(22(24)25)5-6-15(14)26-2/h3-9H,1-2H3,(H2,20,21,23). The Bertz CT molecular complexity index is 1010. The van der Waals surface area contributed by atoms with E-state index in [1.807, 2.05) is 6.07 Å². The highest BCUT2D eigenvalue weighted by molar-refractivity contribution is 6.02. The second kappa shape index (κ2) is 7.01. The number of urea groups is 1. The lowest BCUT2D eigenvalue weighted by atomic mass is 10.2. The minimum Gasteiger partial charge on any atom is -0.495 e. The van der Waals surface area contributed by atoms with Crippen molar-refractivity contribution in [3.63, 3.8) is 0 Å². The molecule has 0 atom stereocenters. The lowest BCUT2D eigenvalue weighted by Gasteiger charge is -2.12. The molecule has 9 nitrogen and oxygen atoms in total. The Labute approximate surface area is 148 Å². The molecule has 0 radical (unpaired) electrons. The van der Waals surface area contributed by atoms with Crippen LogP contribution >= 0.6 is 0 Å². The van der Waals surface area contributed by atoms with Crippen molar-refractivity contribution in [2.24, 2.45) is 0 Å². The highest BCUT2D eigenvalue weighted by atomic mass is 16.6. The average Bonchev–Trinajstić information content (AvgIpc) is 2.62. The van der Waals surface area contributed by atoms with Crippen LogP contribution in [-0.4, -0.2) is 28.0 Å². The molecule has 0 aliphatic rings. The van der Waals surface area contributed by atoms with Gasteiger partial charge in [0.1, 0.15) is 5.75 Å². The molecule has 2 amide bonds. The molecule has 0 fully saturated rings. The normalized spacial score (nSPS) is 10.4. The average molecular weight is 353 g/mol. The van der Waals surface area contributed by atoms with Crippen molar-refractivity contribution in [3.8, 4) is 5.75 Å². The minimum absolute atomic E-state index is 0.157. The largest absolute Gasteiger partial charge is 0.495 e. The van der Waals surface area contributed by atoms with Gasteiger partial charge in [0.15, 0.2) is 5.65 Å². The van der Waals surface area contributed by atoms with Crippen LogP contribution in [0.4, 0.5) is 21.9 Å². The monoisotopic (exact) mass is 353 g/mol. The summed E-state index contributed by atoms with van der Waals surface area (Å²) in [4.78, 5) is 31.2. The van der Waals surface area contributed by atoms with Gasteiger partial charge in [0.25, 0.3) is 5.69 Å². The third-order valence-corrected chi connectivity index (χ3v) is 3.67. The minimum atomic E-state index is -0.572. The van der Waals surface area contributed by atoms with E-state index in [1.54, 1.807) is 25.3 Å². The van der Waals surface area contributed by atoms with Crippen LogP contribution in [0.15, 0.2) is 42.6 Å². The molecule has 2 N–H and O–H groups in total. The maximum Gasteiger partial charge on any atom is 0.323 e. The van der Waals surface area contributed by atoms with Gasteiger partial charge in [-0.15, -0.1) is 0 Å². The zero-order chi connectivity index (χ0) is 18.7. The van der Waals surface area contributed by atoms with Gasteiger partial charge in [-0.25, -0.2) is 14.8 Å². The van der Waals surface area contributed by atoms with Crippen molar-refractivity contribution in [2.45, 2.75) is 6.92 Å². The van der Waals surface area contributed by atoms with E-state index in [1.165, 1.54) is 25.3 Å². The van der Waals surface area contributed by atoms with Crippen LogP contribution in [0, 0.1) is 17.0 Å². The third-order valence-electron chi connectivity index (χ3n) is 3.67. The number of pyridine rings is 2. The SMILES string of the molecule is COc1ccc([N+](=O)[O-])cc1NC(=O)Nc1cc2cccnc2nc1C. The molecule has 1 aromatic carbocycles. The molecule has 0 aliphatic carbocycles. The van der Waals surface area contributed by atoms with E-state index in [0.29, 0.717) is 22.8 Å². The number of hydrogen-bond donors (Lipinski definition) is 2. The fraction of sp³-hybridized carbons (Fsp3) is 0.118. The molecule has 0 unspecified atom stereocenters. The number of nitrogens with one attached hydrogen (secondary N) is 2. The van der Waals surface area contributed by atoms with Crippen LogP contribution in [0.1, 0.15) is 5.69 Å². The molecule has 2 aromatic heterocycles. The number of nitro groups is 1. The van der Waals surface area contributed by atoms with Crippen LogP contribution < -0.4 is 15.4 Å². The summed E-state index contributed by atoms with van der Waals surface area (Å²) in [6.07, 6.45) is 1.64. The Kier molecular flexibility index (Phi) is 4.61. The zero-order valence-corrected chi connectivity index (χ0v) is 14.0. The summed E-state index contributed by atoms with van der Waals surface area (Å²) in [5.41, 5.74) is 1.71. The van der Waals surface area contributed by atoms with Gasteiger partial charge in [-0.2, -0.15) is 0 Å². The Morgan fingerprint density at radius 1 is 1.19 bits per heavy atom. The van der Waals surface area contributed by atoms with Crippen LogP contribution in [-0.2, 0) is 0 Å². The summed E-state index contributed by atoms with van der Waals surface area (Å²) in [6, 6.07) is 8.74. The van der Waals surface area contributed by atoms with E-state index in [9.17, 15) is 14.9 Å². The second-order valence-electron chi connectivity index (χ2n) is 5.39. The molecule has 0 saturated carbocycles. The maximum atomic E-state index is 12.3. The van der Waals surface area contributed by atoms with Crippen molar-refractivity contribution in [2.75, 3.05) is 17.7 Å². The van der Waals surface area contributed by atoms with E-state index in [2.05, 4.69) is 20.6 Å². The second-order valence-corrected chi connectivity index (χ2v) is 5.39. The van der Waals surface area contributed by atoms with Crippen molar-refractivity contribution >= 4 is 34.1 Å². The first-order valence-electron chi connectivity index (χ1n) is 7.60. The van der Waals surface area contributed by atoms with Gasteiger partial charge in [0.2, 0.25) is 0 Å². The van der Waals surface area contributed by atoms with Crippen LogP contribution in [0.3, 0.4) is 0 Å². The number of nitrogens with zero attached hydrogens (tertiary/aromatic N) is 3. The Morgan fingerprint density at radius 2 is 1.96 bits per heavy atom. The van der Waals surface area contributed by atoms with E-state index in [0.717, 1.165) is 5.39 Å². The van der Waals surface area contributed by atoms with Gasteiger partial charge in [-0.3, -0.25) is 10.1 Å². The smallest absolute Gasteiger partial charge is 0.323 e. The first-order valence-corrected chi connectivity index (χ1v) is 7.60. The Morgan fingerprint density at radius 3 is 2.69 bits per heavy atom. The van der Waals surface area contributed by atoms with Gasteiger partial charge < -0.3 is 15.4 Å². The van der Waals surface area contributed by atoms with E-state index >= 15 is 0 Å². The number of hydrogen-bond acceptors (Lipinski definition) is 6. The number of benzene rings is 1. The number of aryl methyl sites for hydroxylation is 1. The molecule has 0 bridgehead atoms. The van der Waals surface area contributed by atoms with Crippen molar-refractivity contribution < 1.29 is 14.5 Å². The predicted octanol–water partition coefficient (Wildman–Crippen LogP) is 3.50. The molecule has 3 aromatic rings. The first kappa shape index (κ1) is 17.1. The zero-order valence-electron chi connectivity index (χ0n) is 14.0. The number of carbonyl (C=O) groups is 1. The molecule has 26 heavy (non-hydrogen) atoms. The lowest BCUT2D eigenvalue weighted by molar-refractivity contribution is -0.384. The van der Waals surface area contributed by atoms with Crippen LogP contribution in [0.5, 0.6) is 5.75 Å². The summed E-state index contributed by atoms with van der Waals surface area (Å²) in [6.45, 7) is 1.75. The molecule has 0 saturated heterocycles. The number of rotatable bonds is 4. The third kappa shape index (κ3) is 3.51.